The molecule has 0 aliphatic carbocycles. The van der Waals surface area contributed by atoms with E-state index in [4.69, 9.17) is 21.1 Å². The maximum atomic E-state index is 12.4. The number of halogens is 1. The van der Waals surface area contributed by atoms with Gasteiger partial charge in [-0.1, -0.05) is 17.7 Å². The highest BCUT2D eigenvalue weighted by Gasteiger charge is 2.16. The van der Waals surface area contributed by atoms with Crippen molar-refractivity contribution in [2.75, 3.05) is 11.9 Å². The Balaban J connectivity index is 1.26. The van der Waals surface area contributed by atoms with Crippen LogP contribution in [0.3, 0.4) is 0 Å². The number of nitrogens with zero attached hydrogens (tertiary/aromatic N) is 3. The van der Waals surface area contributed by atoms with Crippen molar-refractivity contribution >= 4 is 45.8 Å². The molecule has 0 atom stereocenters. The molecule has 1 aliphatic heterocycles. The summed E-state index contributed by atoms with van der Waals surface area (Å²) in [6, 6.07) is 11.4. The van der Waals surface area contributed by atoms with E-state index in [2.05, 4.69) is 19.9 Å². The van der Waals surface area contributed by atoms with Crippen LogP contribution in [0.5, 0.6) is 0 Å². The molecule has 164 valence electrons. The van der Waals surface area contributed by atoms with Gasteiger partial charge in [-0.25, -0.2) is 14.8 Å². The lowest BCUT2D eigenvalue weighted by Gasteiger charge is -2.14. The third-order valence-electron chi connectivity index (χ3n) is 5.41. The van der Waals surface area contributed by atoms with E-state index in [1.54, 1.807) is 0 Å². The van der Waals surface area contributed by atoms with Crippen LogP contribution in [0.2, 0.25) is 5.02 Å². The normalized spacial score (nSPS) is 13.2. The third kappa shape index (κ3) is 4.09. The highest BCUT2D eigenvalue weighted by atomic mass is 35.5. The number of imidazole rings is 1. The van der Waals surface area contributed by atoms with Crippen LogP contribution in [-0.2, 0) is 29.2 Å². The van der Waals surface area contributed by atoms with Crippen LogP contribution >= 0.6 is 22.9 Å². The summed E-state index contributed by atoms with van der Waals surface area (Å²) in [7, 11) is 0. The van der Waals surface area contributed by atoms with Gasteiger partial charge in [0.15, 0.2) is 0 Å². The number of carbonyl (C=O) groups excluding carboxylic acids is 1. The Labute approximate surface area is 194 Å². The minimum atomic E-state index is -0.520. The van der Waals surface area contributed by atoms with E-state index >= 15 is 0 Å². The van der Waals surface area contributed by atoms with Gasteiger partial charge in [-0.05, 0) is 49.7 Å². The Bertz CT molecular complexity index is 1330. The van der Waals surface area contributed by atoms with E-state index in [0.29, 0.717) is 23.9 Å². The Morgan fingerprint density at radius 1 is 1.25 bits per heavy atom. The van der Waals surface area contributed by atoms with Gasteiger partial charge in [-0.15, -0.1) is 11.3 Å². The van der Waals surface area contributed by atoms with Crippen molar-refractivity contribution in [3.05, 3.63) is 63.4 Å². The van der Waals surface area contributed by atoms with Crippen LogP contribution in [0.15, 0.2) is 36.4 Å². The maximum Gasteiger partial charge on any atom is 0.411 e. The molecule has 1 amide bonds. The number of rotatable bonds is 4. The second-order valence-corrected chi connectivity index (χ2v) is 9.14. The zero-order valence-electron chi connectivity index (χ0n) is 17.6. The molecule has 0 spiro atoms. The molecule has 4 aromatic rings. The van der Waals surface area contributed by atoms with Crippen molar-refractivity contribution in [3.63, 3.8) is 0 Å². The lowest BCUT2D eigenvalue weighted by molar-refractivity contribution is 0.0830. The van der Waals surface area contributed by atoms with Crippen LogP contribution in [0.25, 0.3) is 21.6 Å². The van der Waals surface area contributed by atoms with E-state index in [9.17, 15) is 4.79 Å². The molecule has 1 aliphatic rings. The highest BCUT2D eigenvalue weighted by molar-refractivity contribution is 7.15. The average molecular weight is 469 g/mol. The predicted molar refractivity (Wildman–Crippen MR) is 125 cm³/mol. The molecular weight excluding hydrogens is 448 g/mol. The lowest BCUT2D eigenvalue weighted by atomic mass is 10.1. The number of hydrogen-bond acceptors (Lipinski definition) is 6. The van der Waals surface area contributed by atoms with Crippen molar-refractivity contribution < 1.29 is 14.3 Å². The quantitative estimate of drug-likeness (QED) is 0.415. The maximum absolute atomic E-state index is 12.4. The Hall–Kier alpha value is -2.94. The predicted octanol–water partition coefficient (Wildman–Crippen LogP) is 5.71. The second kappa shape index (κ2) is 8.54. The Kier molecular flexibility index (Phi) is 5.58. The number of carbonyl (C=O) groups is 1. The number of aryl methyl sites for hydroxylation is 2. The number of amides is 1. The molecule has 0 unspecified atom stereocenters. The standard InChI is InChI=1S/C23H21ClN4O3S/c1-13-9-15(24)3-5-17(13)22-25-14(2)20(32-22)11-31-23(29)26-16-4-6-19-18(10-16)27-21-12-30-8-7-28(19)21/h3-6,9-10H,7-8,11-12H2,1-2H3,(H,26,29). The van der Waals surface area contributed by atoms with Gasteiger partial charge in [0.2, 0.25) is 0 Å². The minimum absolute atomic E-state index is 0.153. The van der Waals surface area contributed by atoms with E-state index in [-0.39, 0.29) is 6.61 Å². The van der Waals surface area contributed by atoms with Gasteiger partial charge < -0.3 is 14.0 Å². The molecule has 0 saturated heterocycles. The zero-order valence-corrected chi connectivity index (χ0v) is 19.2. The molecule has 3 heterocycles. The first kappa shape index (κ1) is 20.9. The van der Waals surface area contributed by atoms with Crippen LogP contribution < -0.4 is 5.32 Å². The molecule has 2 aromatic carbocycles. The van der Waals surface area contributed by atoms with Gasteiger partial charge in [-0.3, -0.25) is 5.32 Å². The molecule has 9 heteroatoms. The van der Waals surface area contributed by atoms with E-state index in [0.717, 1.165) is 50.1 Å². The summed E-state index contributed by atoms with van der Waals surface area (Å²) < 4.78 is 13.1. The summed E-state index contributed by atoms with van der Waals surface area (Å²) >= 11 is 7.57. The summed E-state index contributed by atoms with van der Waals surface area (Å²) in [4.78, 5) is 22.5. The highest BCUT2D eigenvalue weighted by Crippen LogP contribution is 2.32. The smallest absolute Gasteiger partial charge is 0.411 e. The van der Waals surface area contributed by atoms with Gasteiger partial charge >= 0.3 is 6.09 Å². The number of fused-ring (bicyclic) bond motifs is 3. The fourth-order valence-corrected chi connectivity index (χ4v) is 5.06. The van der Waals surface area contributed by atoms with E-state index in [1.807, 2.05) is 50.2 Å². The molecular formula is C23H21ClN4O3S. The number of thiazole rings is 1. The average Bonchev–Trinajstić information content (AvgIpc) is 3.31. The van der Waals surface area contributed by atoms with Gasteiger partial charge in [-0.2, -0.15) is 0 Å². The Morgan fingerprint density at radius 3 is 2.97 bits per heavy atom. The van der Waals surface area contributed by atoms with Crippen molar-refractivity contribution in [1.82, 2.24) is 14.5 Å². The fraction of sp³-hybridized carbons (Fsp3) is 0.261. The molecule has 0 saturated carbocycles. The summed E-state index contributed by atoms with van der Waals surface area (Å²) in [5.41, 5.74) is 5.42. The molecule has 0 bridgehead atoms. The monoisotopic (exact) mass is 468 g/mol. The molecule has 1 N–H and O–H groups in total. The van der Waals surface area contributed by atoms with Crippen LogP contribution in [0, 0.1) is 13.8 Å². The van der Waals surface area contributed by atoms with Crippen LogP contribution in [-0.4, -0.2) is 27.2 Å². The number of hydrogen-bond donors (Lipinski definition) is 1. The first-order chi connectivity index (χ1) is 15.5. The first-order valence-electron chi connectivity index (χ1n) is 10.2. The largest absolute Gasteiger partial charge is 0.444 e. The molecule has 5 rings (SSSR count). The van der Waals surface area contributed by atoms with Gasteiger partial charge in [0.1, 0.15) is 24.0 Å². The summed E-state index contributed by atoms with van der Waals surface area (Å²) in [6.45, 7) is 6.04. The fourth-order valence-electron chi connectivity index (χ4n) is 3.77. The van der Waals surface area contributed by atoms with E-state index in [1.165, 1.54) is 11.3 Å². The first-order valence-corrected chi connectivity index (χ1v) is 11.4. The summed E-state index contributed by atoms with van der Waals surface area (Å²) in [6.07, 6.45) is -0.520. The Morgan fingerprint density at radius 2 is 2.12 bits per heavy atom. The summed E-state index contributed by atoms with van der Waals surface area (Å²) in [5, 5.41) is 4.37. The van der Waals surface area contributed by atoms with Gasteiger partial charge in [0.25, 0.3) is 0 Å². The third-order valence-corrected chi connectivity index (χ3v) is 6.81. The minimum Gasteiger partial charge on any atom is -0.444 e. The molecule has 32 heavy (non-hydrogen) atoms. The topological polar surface area (TPSA) is 78.3 Å². The van der Waals surface area contributed by atoms with Crippen molar-refractivity contribution in [2.45, 2.75) is 33.6 Å². The summed E-state index contributed by atoms with van der Waals surface area (Å²) in [5.74, 6) is 0.901. The SMILES string of the molecule is Cc1cc(Cl)ccc1-c1nc(C)c(COC(=O)Nc2ccc3c(c2)nc2n3CCOC2)s1. The van der Waals surface area contributed by atoms with Crippen molar-refractivity contribution in [2.24, 2.45) is 0 Å². The van der Waals surface area contributed by atoms with E-state index < -0.39 is 6.09 Å². The van der Waals surface area contributed by atoms with Gasteiger partial charge in [0, 0.05) is 22.8 Å². The number of benzene rings is 2. The number of nitrogens with one attached hydrogen (secondary N) is 1. The lowest BCUT2D eigenvalue weighted by Crippen LogP contribution is -2.16. The molecule has 7 nitrogen and oxygen atoms in total. The zero-order chi connectivity index (χ0) is 22.2. The van der Waals surface area contributed by atoms with Crippen molar-refractivity contribution in [1.29, 1.82) is 0 Å². The number of ether oxygens (including phenoxy) is 2. The second-order valence-electron chi connectivity index (χ2n) is 7.62. The van der Waals surface area contributed by atoms with Crippen molar-refractivity contribution in [3.8, 4) is 10.6 Å². The number of anilines is 1. The molecule has 2 aromatic heterocycles. The number of aromatic nitrogens is 3. The van der Waals surface area contributed by atoms with Crippen LogP contribution in [0.4, 0.5) is 10.5 Å². The molecule has 0 radical (unpaired) electrons. The van der Waals surface area contributed by atoms with Crippen LogP contribution in [0.1, 0.15) is 22.0 Å². The molecule has 0 fully saturated rings. The van der Waals surface area contributed by atoms with Gasteiger partial charge in [0.05, 0.1) is 28.2 Å².